The Morgan fingerprint density at radius 3 is 2.65 bits per heavy atom. The van der Waals surface area contributed by atoms with Gasteiger partial charge in [0.05, 0.1) is 4.92 Å². The lowest BCUT2D eigenvalue weighted by Gasteiger charge is -2.03. The average Bonchev–Trinajstić information content (AvgIpc) is 2.26. The van der Waals surface area contributed by atoms with Crippen LogP contribution in [0.1, 0.15) is 10.4 Å². The Hall–Kier alpha value is -1.88. The second-order valence-corrected chi connectivity index (χ2v) is 3.97. The molecule has 0 atom stereocenters. The van der Waals surface area contributed by atoms with Crippen LogP contribution in [0, 0.1) is 10.1 Å². The summed E-state index contributed by atoms with van der Waals surface area (Å²) in [5.74, 6) is -0.307. The van der Waals surface area contributed by atoms with Gasteiger partial charge in [-0.15, -0.1) is 0 Å². The molecule has 0 saturated carbocycles. The number of nitro groups is 1. The highest BCUT2D eigenvalue weighted by molar-refractivity contribution is 6.32. The monoisotopic (exact) mass is 254 g/mol. The predicted octanol–water partition coefficient (Wildman–Crippen LogP) is 2.51. The van der Waals surface area contributed by atoms with Crippen LogP contribution in [0.4, 0.5) is 5.69 Å². The van der Waals surface area contributed by atoms with Gasteiger partial charge in [0, 0.05) is 38.0 Å². The molecule has 0 amide bonds. The van der Waals surface area contributed by atoms with E-state index in [1.54, 1.807) is 25.2 Å². The highest BCUT2D eigenvalue weighted by Gasteiger charge is 2.14. The summed E-state index contributed by atoms with van der Waals surface area (Å²) in [4.78, 5) is 23.4. The molecule has 1 rings (SSSR count). The summed E-state index contributed by atoms with van der Waals surface area (Å²) < 4.78 is 0. The van der Waals surface area contributed by atoms with Crippen molar-refractivity contribution < 1.29 is 9.72 Å². The van der Waals surface area contributed by atoms with E-state index >= 15 is 0 Å². The molecule has 0 heterocycles. The first-order chi connectivity index (χ1) is 7.91. The summed E-state index contributed by atoms with van der Waals surface area (Å²) in [6, 6.07) is 3.97. The molecule has 5 nitrogen and oxygen atoms in total. The number of benzene rings is 1. The van der Waals surface area contributed by atoms with Crippen LogP contribution in [0.3, 0.4) is 0 Å². The summed E-state index contributed by atoms with van der Waals surface area (Å²) in [6.45, 7) is 0. The molecule has 0 saturated heterocycles. The molecular weight excluding hydrogens is 244 g/mol. The van der Waals surface area contributed by atoms with Gasteiger partial charge in [0.2, 0.25) is 0 Å². The van der Waals surface area contributed by atoms with Gasteiger partial charge in [0.25, 0.3) is 5.69 Å². The van der Waals surface area contributed by atoms with Crippen molar-refractivity contribution in [3.05, 3.63) is 51.2 Å². The average molecular weight is 255 g/mol. The third-order valence-corrected chi connectivity index (χ3v) is 2.27. The van der Waals surface area contributed by atoms with Gasteiger partial charge in [-0.25, -0.2) is 0 Å². The Bertz CT molecular complexity index is 484. The Morgan fingerprint density at radius 1 is 1.47 bits per heavy atom. The van der Waals surface area contributed by atoms with Crippen molar-refractivity contribution in [3.8, 4) is 0 Å². The quantitative estimate of drug-likeness (QED) is 0.358. The van der Waals surface area contributed by atoms with Gasteiger partial charge < -0.3 is 4.90 Å². The summed E-state index contributed by atoms with van der Waals surface area (Å²) in [5.41, 5.74) is -0.0324. The molecule has 1 aromatic carbocycles. The van der Waals surface area contributed by atoms with E-state index in [0.29, 0.717) is 0 Å². The highest BCUT2D eigenvalue weighted by atomic mass is 35.5. The van der Waals surface area contributed by atoms with Crippen LogP contribution < -0.4 is 0 Å². The van der Waals surface area contributed by atoms with Gasteiger partial charge in [-0.05, 0) is 12.1 Å². The van der Waals surface area contributed by atoms with Crippen molar-refractivity contribution in [1.82, 2.24) is 4.90 Å². The first-order valence-electron chi connectivity index (χ1n) is 4.74. The molecule has 0 radical (unpaired) electrons. The van der Waals surface area contributed by atoms with E-state index in [1.165, 1.54) is 24.3 Å². The van der Waals surface area contributed by atoms with E-state index in [0.717, 1.165) is 0 Å². The van der Waals surface area contributed by atoms with Gasteiger partial charge >= 0.3 is 0 Å². The van der Waals surface area contributed by atoms with Crippen LogP contribution in [-0.4, -0.2) is 29.7 Å². The molecular formula is C11H11ClN2O3. The molecule has 0 unspecified atom stereocenters. The normalized spacial score (nSPS) is 10.5. The van der Waals surface area contributed by atoms with Gasteiger partial charge in [-0.3, -0.25) is 14.9 Å². The number of rotatable bonds is 4. The molecule has 0 bridgehead atoms. The summed E-state index contributed by atoms with van der Waals surface area (Å²) in [5, 5.41) is 10.7. The van der Waals surface area contributed by atoms with Crippen LogP contribution in [0.5, 0.6) is 0 Å². The molecule has 6 heteroatoms. The Kier molecular flexibility index (Phi) is 4.23. The molecule has 17 heavy (non-hydrogen) atoms. The molecule has 0 spiro atoms. The SMILES string of the molecule is CN(C)C=CC(=O)c1ccc(Cl)c([N+](=O)[O-])c1. The van der Waals surface area contributed by atoms with Crippen molar-refractivity contribution in [2.45, 2.75) is 0 Å². The number of halogens is 1. The zero-order chi connectivity index (χ0) is 13.0. The molecule has 0 aliphatic carbocycles. The minimum absolute atomic E-state index is 0.0168. The second kappa shape index (κ2) is 5.45. The lowest BCUT2D eigenvalue weighted by atomic mass is 10.1. The number of allylic oxidation sites excluding steroid dienone is 1. The number of carbonyl (C=O) groups is 1. The molecule has 1 aromatic rings. The van der Waals surface area contributed by atoms with E-state index in [-0.39, 0.29) is 22.1 Å². The van der Waals surface area contributed by atoms with Gasteiger partial charge in [0.15, 0.2) is 5.78 Å². The van der Waals surface area contributed by atoms with Crippen LogP contribution in [-0.2, 0) is 0 Å². The van der Waals surface area contributed by atoms with E-state index in [2.05, 4.69) is 0 Å². The topological polar surface area (TPSA) is 63.5 Å². The minimum Gasteiger partial charge on any atom is -0.383 e. The van der Waals surface area contributed by atoms with E-state index in [1.807, 2.05) is 0 Å². The van der Waals surface area contributed by atoms with Crippen LogP contribution in [0.2, 0.25) is 5.02 Å². The zero-order valence-electron chi connectivity index (χ0n) is 9.38. The van der Waals surface area contributed by atoms with Crippen molar-refractivity contribution in [2.24, 2.45) is 0 Å². The number of hydrogen-bond acceptors (Lipinski definition) is 4. The number of nitro benzene ring substituents is 1. The fourth-order valence-corrected chi connectivity index (χ4v) is 1.31. The van der Waals surface area contributed by atoms with Crippen molar-refractivity contribution >= 4 is 23.1 Å². The van der Waals surface area contributed by atoms with E-state index in [4.69, 9.17) is 11.6 Å². The zero-order valence-corrected chi connectivity index (χ0v) is 10.1. The Morgan fingerprint density at radius 2 is 2.12 bits per heavy atom. The summed E-state index contributed by atoms with van der Waals surface area (Å²) >= 11 is 5.64. The van der Waals surface area contributed by atoms with E-state index < -0.39 is 4.92 Å². The minimum atomic E-state index is -0.616. The smallest absolute Gasteiger partial charge is 0.288 e. The maximum absolute atomic E-state index is 11.7. The molecule has 0 aliphatic heterocycles. The molecule has 0 fully saturated rings. The lowest BCUT2D eigenvalue weighted by molar-refractivity contribution is -0.384. The standard InChI is InChI=1S/C11H11ClN2O3/c1-13(2)6-5-11(15)8-3-4-9(12)10(7-8)14(16)17/h3-7H,1-2H3. The first kappa shape index (κ1) is 13.2. The largest absolute Gasteiger partial charge is 0.383 e. The number of hydrogen-bond donors (Lipinski definition) is 0. The van der Waals surface area contributed by atoms with Crippen molar-refractivity contribution in [3.63, 3.8) is 0 Å². The van der Waals surface area contributed by atoms with Crippen LogP contribution in [0.25, 0.3) is 0 Å². The lowest BCUT2D eigenvalue weighted by Crippen LogP contribution is -2.03. The highest BCUT2D eigenvalue weighted by Crippen LogP contribution is 2.25. The first-order valence-corrected chi connectivity index (χ1v) is 5.12. The fourth-order valence-electron chi connectivity index (χ4n) is 1.12. The number of carbonyl (C=O) groups excluding carboxylic acids is 1. The Labute approximate surface area is 103 Å². The maximum Gasteiger partial charge on any atom is 0.288 e. The third-order valence-electron chi connectivity index (χ3n) is 1.95. The maximum atomic E-state index is 11.7. The van der Waals surface area contributed by atoms with E-state index in [9.17, 15) is 14.9 Å². The second-order valence-electron chi connectivity index (χ2n) is 3.57. The van der Waals surface area contributed by atoms with Crippen LogP contribution >= 0.6 is 11.6 Å². The fraction of sp³-hybridized carbons (Fsp3) is 0.182. The van der Waals surface area contributed by atoms with Crippen molar-refractivity contribution in [2.75, 3.05) is 14.1 Å². The molecule has 0 aromatic heterocycles. The summed E-state index contributed by atoms with van der Waals surface area (Å²) in [7, 11) is 3.54. The molecule has 0 N–H and O–H groups in total. The van der Waals surface area contributed by atoms with Crippen LogP contribution in [0.15, 0.2) is 30.5 Å². The van der Waals surface area contributed by atoms with Gasteiger partial charge in [-0.1, -0.05) is 11.6 Å². The molecule has 90 valence electrons. The Balaban J connectivity index is 3.04. The van der Waals surface area contributed by atoms with Crippen molar-refractivity contribution in [1.29, 1.82) is 0 Å². The number of ketones is 1. The number of nitrogens with zero attached hydrogens (tertiary/aromatic N) is 2. The molecule has 0 aliphatic rings. The van der Waals surface area contributed by atoms with Gasteiger partial charge in [0.1, 0.15) is 5.02 Å². The summed E-state index contributed by atoms with van der Waals surface area (Å²) in [6.07, 6.45) is 2.91. The predicted molar refractivity (Wildman–Crippen MR) is 65.3 cm³/mol. The van der Waals surface area contributed by atoms with Gasteiger partial charge in [-0.2, -0.15) is 0 Å². The third kappa shape index (κ3) is 3.57.